The molecule has 0 spiro atoms. The monoisotopic (exact) mass is 640 g/mol. The zero-order valence-electron chi connectivity index (χ0n) is 25.4. The fourth-order valence-corrected chi connectivity index (χ4v) is 6.77. The van der Waals surface area contributed by atoms with E-state index >= 15 is 0 Å². The van der Waals surface area contributed by atoms with Gasteiger partial charge >= 0.3 is 12.4 Å². The van der Waals surface area contributed by atoms with Crippen LogP contribution < -0.4 is 5.19 Å². The van der Waals surface area contributed by atoms with Crippen LogP contribution in [0.5, 0.6) is 0 Å². The number of fused-ring (bicyclic) bond motifs is 1. The van der Waals surface area contributed by atoms with Crippen molar-refractivity contribution in [2.45, 2.75) is 32.0 Å². The second-order valence-corrected chi connectivity index (χ2v) is 17.6. The lowest BCUT2D eigenvalue weighted by Gasteiger charge is -2.16. The Balaban J connectivity index is 1.27. The third kappa shape index (κ3) is 6.65. The van der Waals surface area contributed by atoms with Crippen molar-refractivity contribution < 1.29 is 26.3 Å². The van der Waals surface area contributed by atoms with Crippen molar-refractivity contribution in [2.24, 2.45) is 0 Å². The van der Waals surface area contributed by atoms with Gasteiger partial charge in [0.1, 0.15) is 0 Å². The van der Waals surface area contributed by atoms with E-state index in [-0.39, 0.29) is 17.2 Å². The van der Waals surface area contributed by atoms with Gasteiger partial charge in [0.2, 0.25) is 0 Å². The molecular weight excluding hydrogens is 611 g/mol. The number of hydrogen-bond donors (Lipinski definition) is 0. The molecule has 232 valence electrons. The van der Waals surface area contributed by atoms with Crippen molar-refractivity contribution in [2.75, 3.05) is 0 Å². The quantitative estimate of drug-likeness (QED) is 0.130. The molecule has 0 N–H and O–H groups in total. The molecule has 0 saturated carbocycles. The summed E-state index contributed by atoms with van der Waals surface area (Å²) in [5.74, 6) is 0. The summed E-state index contributed by atoms with van der Waals surface area (Å²) in [7, 11) is -1.36. The first-order chi connectivity index (χ1) is 21.6. The number of halogens is 6. The minimum absolute atomic E-state index is 0.141. The number of benzene rings is 6. The minimum Gasteiger partial charge on any atom is -0.166 e. The van der Waals surface area contributed by atoms with Crippen LogP contribution in [0.3, 0.4) is 0 Å². The van der Waals surface area contributed by atoms with E-state index in [1.165, 1.54) is 10.8 Å². The van der Waals surface area contributed by atoms with Gasteiger partial charge in [0, 0.05) is 0 Å². The van der Waals surface area contributed by atoms with Crippen LogP contribution in [0.2, 0.25) is 19.6 Å². The number of rotatable bonds is 5. The fourth-order valence-electron chi connectivity index (χ4n) is 5.60. The molecule has 0 aromatic heterocycles. The molecule has 0 unspecified atom stereocenters. The summed E-state index contributed by atoms with van der Waals surface area (Å²) in [6.07, 6.45) is -9.80. The first-order valence-corrected chi connectivity index (χ1v) is 18.3. The molecule has 6 aromatic rings. The summed E-state index contributed by atoms with van der Waals surface area (Å²) in [4.78, 5) is 0. The number of hydrogen-bond acceptors (Lipinski definition) is 0. The smallest absolute Gasteiger partial charge is 0.166 e. The molecule has 0 saturated heterocycles. The van der Waals surface area contributed by atoms with Gasteiger partial charge in [0.15, 0.2) is 0 Å². The van der Waals surface area contributed by atoms with E-state index in [0.717, 1.165) is 50.7 Å². The Labute approximate surface area is 265 Å². The molecule has 0 aliphatic carbocycles. The van der Waals surface area contributed by atoms with E-state index in [1.807, 2.05) is 18.2 Å². The van der Waals surface area contributed by atoms with Crippen LogP contribution in [0, 0.1) is 0 Å². The van der Waals surface area contributed by atoms with Crippen LogP contribution >= 0.6 is 0 Å². The summed E-state index contributed by atoms with van der Waals surface area (Å²) in [6.45, 7) is 7.01. The normalized spacial score (nSPS) is 12.5. The molecule has 7 heteroatoms. The van der Waals surface area contributed by atoms with E-state index in [2.05, 4.69) is 86.4 Å². The molecule has 0 aliphatic rings. The van der Waals surface area contributed by atoms with Crippen molar-refractivity contribution in [3.8, 4) is 44.5 Å². The first kappa shape index (κ1) is 31.4. The molecular formula is C39H30F6Si. The Hall–Kier alpha value is -4.62. The van der Waals surface area contributed by atoms with E-state index in [9.17, 15) is 26.3 Å². The molecule has 0 radical (unpaired) electrons. The SMILES string of the molecule is C[Si](C)(C)c1ccc(-c2ccc(-c3ccc4ccc(-c5ccc(-c6cc(C(F)(F)F)cc(C(F)(F)F)c6)cc5)cc4c3)cc2)cc1. The van der Waals surface area contributed by atoms with Crippen molar-refractivity contribution >= 4 is 24.0 Å². The van der Waals surface area contributed by atoms with E-state index in [1.54, 1.807) is 24.3 Å². The highest BCUT2D eigenvalue weighted by molar-refractivity contribution is 6.88. The topological polar surface area (TPSA) is 0 Å². The highest BCUT2D eigenvalue weighted by atomic mass is 28.3. The Kier molecular flexibility index (Phi) is 7.93. The van der Waals surface area contributed by atoms with Crippen LogP contribution in [0.1, 0.15) is 11.1 Å². The molecule has 0 aliphatic heterocycles. The zero-order valence-corrected chi connectivity index (χ0v) is 26.4. The second kappa shape index (κ2) is 11.6. The largest absolute Gasteiger partial charge is 0.416 e. The van der Waals surface area contributed by atoms with Gasteiger partial charge in [-0.05, 0) is 85.6 Å². The lowest BCUT2D eigenvalue weighted by atomic mass is 9.95. The third-order valence-electron chi connectivity index (χ3n) is 8.28. The average molecular weight is 641 g/mol. The Bertz CT molecular complexity index is 1980. The summed E-state index contributed by atoms with van der Waals surface area (Å²) in [6, 6.07) is 37.7. The molecule has 0 atom stereocenters. The van der Waals surface area contributed by atoms with E-state index in [0.29, 0.717) is 0 Å². The molecule has 6 aromatic carbocycles. The summed E-state index contributed by atoms with van der Waals surface area (Å²) in [5, 5.41) is 3.49. The van der Waals surface area contributed by atoms with E-state index in [4.69, 9.17) is 0 Å². The maximum atomic E-state index is 13.4. The maximum Gasteiger partial charge on any atom is 0.416 e. The molecule has 6 rings (SSSR count). The predicted molar refractivity (Wildman–Crippen MR) is 179 cm³/mol. The maximum absolute atomic E-state index is 13.4. The van der Waals surface area contributed by atoms with Gasteiger partial charge in [-0.15, -0.1) is 0 Å². The lowest BCUT2D eigenvalue weighted by Crippen LogP contribution is -2.37. The predicted octanol–water partition coefficient (Wildman–Crippen LogP) is 12.1. The van der Waals surface area contributed by atoms with Crippen LogP contribution in [-0.4, -0.2) is 8.07 Å². The summed E-state index contributed by atoms with van der Waals surface area (Å²) in [5.41, 5.74) is 3.59. The third-order valence-corrected chi connectivity index (χ3v) is 10.3. The second-order valence-electron chi connectivity index (χ2n) is 12.6. The van der Waals surface area contributed by atoms with Gasteiger partial charge in [-0.3, -0.25) is 0 Å². The van der Waals surface area contributed by atoms with Crippen LogP contribution in [0.15, 0.2) is 127 Å². The molecule has 0 bridgehead atoms. The van der Waals surface area contributed by atoms with Gasteiger partial charge in [-0.2, -0.15) is 26.3 Å². The molecule has 0 heterocycles. The minimum atomic E-state index is -4.90. The fraction of sp³-hybridized carbons (Fsp3) is 0.128. The highest BCUT2D eigenvalue weighted by Crippen LogP contribution is 2.39. The zero-order chi connectivity index (χ0) is 32.9. The van der Waals surface area contributed by atoms with Crippen molar-refractivity contribution in [3.05, 3.63) is 139 Å². The molecule has 0 amide bonds. The Morgan fingerprint density at radius 3 is 1.04 bits per heavy atom. The standard InChI is InChI=1S/C39H30F6Si/c1-46(2,3)37-18-16-26(17-19-37)25-4-6-27(7-5-25)31-14-12-29-13-15-32(21-33(29)20-31)28-8-10-30(11-9-28)34-22-35(38(40,41)42)24-36(23-34)39(43,44)45/h4-24H,1-3H3. The van der Waals surface area contributed by atoms with Gasteiger partial charge < -0.3 is 0 Å². The average Bonchev–Trinajstić information content (AvgIpc) is 3.03. The van der Waals surface area contributed by atoms with Gasteiger partial charge in [-0.1, -0.05) is 122 Å². The van der Waals surface area contributed by atoms with E-state index < -0.39 is 31.6 Å². The van der Waals surface area contributed by atoms with Crippen LogP contribution in [0.25, 0.3) is 55.3 Å². The van der Waals surface area contributed by atoms with Crippen LogP contribution in [-0.2, 0) is 12.4 Å². The first-order valence-electron chi connectivity index (χ1n) is 14.8. The Morgan fingerprint density at radius 1 is 0.348 bits per heavy atom. The molecule has 0 nitrogen and oxygen atoms in total. The number of alkyl halides is 6. The van der Waals surface area contributed by atoms with Crippen molar-refractivity contribution in [3.63, 3.8) is 0 Å². The summed E-state index contributed by atoms with van der Waals surface area (Å²) >= 11 is 0. The van der Waals surface area contributed by atoms with Gasteiger partial charge in [0.05, 0.1) is 19.2 Å². The molecule has 46 heavy (non-hydrogen) atoms. The van der Waals surface area contributed by atoms with Gasteiger partial charge in [-0.25, -0.2) is 0 Å². The summed E-state index contributed by atoms with van der Waals surface area (Å²) < 4.78 is 80.2. The van der Waals surface area contributed by atoms with Crippen LogP contribution in [0.4, 0.5) is 26.3 Å². The highest BCUT2D eigenvalue weighted by Gasteiger charge is 2.37. The van der Waals surface area contributed by atoms with Crippen molar-refractivity contribution in [1.82, 2.24) is 0 Å². The lowest BCUT2D eigenvalue weighted by molar-refractivity contribution is -0.143. The Morgan fingerprint density at radius 2 is 0.674 bits per heavy atom. The van der Waals surface area contributed by atoms with Crippen molar-refractivity contribution in [1.29, 1.82) is 0 Å². The molecule has 0 fully saturated rings. The van der Waals surface area contributed by atoms with Gasteiger partial charge in [0.25, 0.3) is 0 Å².